The Balaban J connectivity index is 0.000000510. The van der Waals surface area contributed by atoms with Gasteiger partial charge in [-0.2, -0.15) is 52.4 Å². The van der Waals surface area contributed by atoms with E-state index >= 15 is 0 Å². The van der Waals surface area contributed by atoms with Crippen LogP contribution in [0.2, 0.25) is 0 Å². The van der Waals surface area contributed by atoms with E-state index < -0.39 is 7.05 Å². The Kier molecular flexibility index (Phi) is 14.9. The summed E-state index contributed by atoms with van der Waals surface area (Å²) in [5.41, 5.74) is 9.74. The van der Waals surface area contributed by atoms with Crippen LogP contribution in [0.4, 0.5) is 0 Å². The van der Waals surface area contributed by atoms with Crippen LogP contribution in [-0.2, 0) is 20.6 Å². The Hall–Kier alpha value is -1.50. The molecule has 0 fully saturated rings. The summed E-state index contributed by atoms with van der Waals surface area (Å²) in [5.74, 6) is 0. The minimum atomic E-state index is -2.02. The molecule has 0 aromatic heterocycles. The molecular weight excluding hydrogens is 658 g/mol. The van der Waals surface area contributed by atoms with Gasteiger partial charge in [0.05, 0.1) is 0 Å². The zero-order chi connectivity index (χ0) is 30.8. The van der Waals surface area contributed by atoms with E-state index in [4.69, 9.17) is 0 Å². The molecule has 0 aliphatic rings. The minimum absolute atomic E-state index is 0.0104. The average molecular weight is 714 g/mol. The summed E-state index contributed by atoms with van der Waals surface area (Å²) < 4.78 is 2.19. The third kappa shape index (κ3) is 10.8. The second-order valence-electron chi connectivity index (χ2n) is 13.3. The van der Waals surface area contributed by atoms with Gasteiger partial charge in [-0.25, -0.2) is 7.05 Å². The molecule has 0 spiro atoms. The summed E-state index contributed by atoms with van der Waals surface area (Å²) >= 11 is 1.33. The Morgan fingerprint density at radius 3 is 1.10 bits per heavy atom. The van der Waals surface area contributed by atoms with E-state index in [1.165, 1.54) is 54.0 Å². The van der Waals surface area contributed by atoms with Crippen LogP contribution < -0.4 is 0 Å². The molecule has 39 heavy (non-hydrogen) atoms. The molecule has 0 amide bonds. The SMILES string of the molecule is CC(C)(C)P(=[N-])(C(C)(C)C)C(C)(C)C.Cc1c(C)c(C)[c-](C)c1C.[CH2-]c1ccccc1.[Ta]=[CH]c1ccccc1. The van der Waals surface area contributed by atoms with E-state index in [-0.39, 0.29) is 15.5 Å². The Morgan fingerprint density at radius 2 is 0.974 bits per heavy atom. The topological polar surface area (TPSA) is 22.3 Å². The molecule has 0 bridgehead atoms. The van der Waals surface area contributed by atoms with Crippen LogP contribution in [0.25, 0.3) is 5.16 Å². The van der Waals surface area contributed by atoms with Crippen molar-refractivity contribution < 1.29 is 20.6 Å². The van der Waals surface area contributed by atoms with Crippen LogP contribution in [0.15, 0.2) is 60.7 Å². The fraction of sp³-hybridized carbons (Fsp3) is 0.472. The summed E-state index contributed by atoms with van der Waals surface area (Å²) in [5, 5.41) is 11.1. The van der Waals surface area contributed by atoms with Crippen molar-refractivity contribution in [1.29, 1.82) is 0 Å². The third-order valence-corrected chi connectivity index (χ3v) is 14.4. The van der Waals surface area contributed by atoms with Crippen molar-refractivity contribution in [3.63, 3.8) is 0 Å². The number of rotatable bonds is 1. The van der Waals surface area contributed by atoms with Gasteiger partial charge in [0.15, 0.2) is 0 Å². The number of hydrogen-bond acceptors (Lipinski definition) is 0. The Labute approximate surface area is 254 Å². The maximum atomic E-state index is 11.1. The van der Waals surface area contributed by atoms with Crippen LogP contribution in [0.3, 0.4) is 0 Å². The second-order valence-corrected chi connectivity index (χ2v) is 19.5. The van der Waals surface area contributed by atoms with Crippen molar-refractivity contribution in [2.24, 2.45) is 0 Å². The van der Waals surface area contributed by atoms with Crippen molar-refractivity contribution in [1.82, 2.24) is 0 Å². The first-order chi connectivity index (χ1) is 17.6. The van der Waals surface area contributed by atoms with E-state index in [2.05, 4.69) is 132 Å². The molecule has 0 aliphatic carbocycles. The zero-order valence-electron chi connectivity index (χ0n) is 27.4. The quantitative estimate of drug-likeness (QED) is 0.177. The van der Waals surface area contributed by atoms with Crippen molar-refractivity contribution in [2.45, 2.75) is 112 Å². The van der Waals surface area contributed by atoms with E-state index in [1.54, 1.807) is 0 Å². The standard InChI is InChI=1S/C12H27NP.C10H15.C7H7.C7H6.Ta/c1-10(2,3)14(13,11(4,5)6)12(7,8)9;1-6-7(2)9(4)10(5)8(6)3;2*1-7-5-3-2-4-6-7;/h1-9H3;1-5H3;2-6H,1H2;1-6H;/q3*-1;;. The number of benzene rings is 2. The van der Waals surface area contributed by atoms with Crippen molar-refractivity contribution >= 4 is 11.3 Å². The molecule has 0 unspecified atom stereocenters. The molecule has 0 radical (unpaired) electrons. The van der Waals surface area contributed by atoms with Gasteiger partial charge in [0.1, 0.15) is 0 Å². The molecule has 217 valence electrons. The van der Waals surface area contributed by atoms with Gasteiger partial charge in [0.2, 0.25) is 0 Å². The summed E-state index contributed by atoms with van der Waals surface area (Å²) in [6.45, 7) is 34.2. The molecule has 0 saturated carbocycles. The predicted octanol–water partition coefficient (Wildman–Crippen LogP) is 11.4. The van der Waals surface area contributed by atoms with Gasteiger partial charge in [0.25, 0.3) is 0 Å². The van der Waals surface area contributed by atoms with E-state index in [0.717, 1.165) is 5.56 Å². The van der Waals surface area contributed by atoms with E-state index in [9.17, 15) is 5.16 Å². The maximum absolute atomic E-state index is 11.1. The first-order valence-corrected chi connectivity index (χ1v) is 17.4. The first kappa shape index (κ1) is 37.5. The molecule has 3 aromatic carbocycles. The molecule has 3 rings (SSSR count). The van der Waals surface area contributed by atoms with Gasteiger partial charge in [-0.15, -0.1) is 12.1 Å². The molecule has 0 aliphatic heterocycles. The second kappa shape index (κ2) is 15.5. The van der Waals surface area contributed by atoms with Crippen LogP contribution in [0.1, 0.15) is 101 Å². The normalized spacial score (nSPS) is 11.6. The number of nitrogens with zero attached hydrogens (tertiary/aromatic N) is 1. The van der Waals surface area contributed by atoms with Crippen LogP contribution in [-0.4, -0.2) is 19.7 Å². The van der Waals surface area contributed by atoms with E-state index in [1.807, 2.05) is 36.4 Å². The van der Waals surface area contributed by atoms with Crippen molar-refractivity contribution in [2.75, 3.05) is 0 Å². The summed E-state index contributed by atoms with van der Waals surface area (Å²) in [4.78, 5) is 0. The Bertz CT molecular complexity index is 1060. The monoisotopic (exact) mass is 713 g/mol. The molecule has 0 atom stereocenters. The fourth-order valence-corrected chi connectivity index (χ4v) is 12.1. The first-order valence-electron chi connectivity index (χ1n) is 13.8. The van der Waals surface area contributed by atoms with Gasteiger partial charge < -0.3 is 5.16 Å². The van der Waals surface area contributed by atoms with Crippen molar-refractivity contribution in [3.8, 4) is 0 Å². The average Bonchev–Trinajstić information content (AvgIpc) is 3.01. The van der Waals surface area contributed by atoms with E-state index in [0.29, 0.717) is 0 Å². The molecule has 1 nitrogen and oxygen atoms in total. The molecule has 0 saturated heterocycles. The van der Waals surface area contributed by atoms with Gasteiger partial charge in [-0.3, -0.25) is 0 Å². The molecule has 3 aromatic rings. The van der Waals surface area contributed by atoms with Crippen molar-refractivity contribution in [3.05, 3.63) is 112 Å². The molecular formula is C36H55NPTa-3. The zero-order valence-corrected chi connectivity index (χ0v) is 31.5. The Morgan fingerprint density at radius 1 is 0.667 bits per heavy atom. The summed E-state index contributed by atoms with van der Waals surface area (Å²) in [6, 6.07) is 20.2. The summed E-state index contributed by atoms with van der Waals surface area (Å²) in [7, 11) is -2.02. The van der Waals surface area contributed by atoms with Crippen LogP contribution >= 0.6 is 7.05 Å². The molecule has 0 heterocycles. The van der Waals surface area contributed by atoms with Gasteiger partial charge in [-0.05, 0) is 15.5 Å². The molecule has 3 heteroatoms. The number of hydrogen-bond donors (Lipinski definition) is 0. The summed E-state index contributed by atoms with van der Waals surface area (Å²) in [6.07, 6.45) is 0. The van der Waals surface area contributed by atoms with Gasteiger partial charge >= 0.3 is 60.7 Å². The van der Waals surface area contributed by atoms with Crippen LogP contribution in [0, 0.1) is 41.5 Å². The van der Waals surface area contributed by atoms with Gasteiger partial charge in [-0.1, -0.05) is 103 Å². The van der Waals surface area contributed by atoms with Crippen LogP contribution in [0.5, 0.6) is 0 Å². The van der Waals surface area contributed by atoms with Gasteiger partial charge in [0, 0.05) is 0 Å². The molecule has 0 N–H and O–H groups in total. The predicted molar refractivity (Wildman–Crippen MR) is 178 cm³/mol. The fourth-order valence-electron chi connectivity index (χ4n) is 5.44. The third-order valence-electron chi connectivity index (χ3n) is 7.52.